The smallest absolute Gasteiger partial charge is 0.259 e. The highest BCUT2D eigenvalue weighted by molar-refractivity contribution is 5.97. The summed E-state index contributed by atoms with van der Waals surface area (Å²) in [6.45, 7) is 2.41. The number of amides is 1. The Hall–Kier alpha value is -2.25. The van der Waals surface area contributed by atoms with Crippen molar-refractivity contribution in [2.75, 3.05) is 26.2 Å². The van der Waals surface area contributed by atoms with Gasteiger partial charge in [-0.05, 0) is 31.0 Å². The van der Waals surface area contributed by atoms with Crippen LogP contribution >= 0.6 is 0 Å². The molecule has 6 nitrogen and oxygen atoms in total. The number of pyridine rings is 1. The molecule has 2 aromatic rings. The fourth-order valence-corrected chi connectivity index (χ4v) is 4.29. The summed E-state index contributed by atoms with van der Waals surface area (Å²) in [6.07, 6.45) is 5.16. The van der Waals surface area contributed by atoms with Gasteiger partial charge in [0.15, 0.2) is 0 Å². The Kier molecular flexibility index (Phi) is 4.97. The molecule has 144 valence electrons. The van der Waals surface area contributed by atoms with E-state index < -0.39 is 11.2 Å². The second-order valence-electron chi connectivity index (χ2n) is 7.47. The van der Waals surface area contributed by atoms with Gasteiger partial charge in [0.25, 0.3) is 5.91 Å². The molecule has 2 atom stereocenters. The molecule has 1 saturated carbocycles. The highest BCUT2D eigenvalue weighted by Gasteiger charge is 2.32. The summed E-state index contributed by atoms with van der Waals surface area (Å²) in [4.78, 5) is 32.3. The van der Waals surface area contributed by atoms with Crippen molar-refractivity contribution in [2.24, 2.45) is 0 Å². The van der Waals surface area contributed by atoms with E-state index in [2.05, 4.69) is 9.88 Å². The first-order valence-electron chi connectivity index (χ1n) is 9.57. The normalized spacial score (nSPS) is 24.3. The molecule has 0 radical (unpaired) electrons. The minimum Gasteiger partial charge on any atom is -0.391 e. The van der Waals surface area contributed by atoms with Crippen LogP contribution in [0.2, 0.25) is 0 Å². The number of nitrogens with zero attached hydrogens (tertiary/aromatic N) is 2. The Morgan fingerprint density at radius 1 is 1.15 bits per heavy atom. The fourth-order valence-electron chi connectivity index (χ4n) is 4.29. The maximum Gasteiger partial charge on any atom is 0.259 e. The molecular weight excluding hydrogens is 349 g/mol. The van der Waals surface area contributed by atoms with Crippen LogP contribution in [0.1, 0.15) is 36.0 Å². The number of carbonyl (C=O) groups is 1. The first kappa shape index (κ1) is 18.1. The largest absolute Gasteiger partial charge is 0.391 e. The van der Waals surface area contributed by atoms with Crippen molar-refractivity contribution >= 4 is 16.8 Å². The van der Waals surface area contributed by atoms with Gasteiger partial charge in [-0.15, -0.1) is 0 Å². The maximum atomic E-state index is 13.5. The van der Waals surface area contributed by atoms with Gasteiger partial charge in [-0.1, -0.05) is 12.8 Å². The molecule has 2 aliphatic rings. The molecule has 7 heteroatoms. The van der Waals surface area contributed by atoms with Gasteiger partial charge in [0, 0.05) is 49.3 Å². The summed E-state index contributed by atoms with van der Waals surface area (Å²) in [7, 11) is 0. The van der Waals surface area contributed by atoms with E-state index in [1.54, 1.807) is 4.90 Å². The number of benzene rings is 1. The minimum absolute atomic E-state index is 0.0410. The predicted octanol–water partition coefficient (Wildman–Crippen LogP) is 1.73. The number of fused-ring (bicyclic) bond motifs is 1. The molecule has 4 rings (SSSR count). The van der Waals surface area contributed by atoms with Crippen molar-refractivity contribution in [3.8, 4) is 0 Å². The lowest BCUT2D eigenvalue weighted by Crippen LogP contribution is -2.55. The summed E-state index contributed by atoms with van der Waals surface area (Å²) < 4.78 is 13.5. The lowest BCUT2D eigenvalue weighted by Gasteiger charge is -2.42. The first-order chi connectivity index (χ1) is 13.0. The SMILES string of the molecule is O=C(c1c[nH]c2ccc(F)cc2c1=O)N1CCN([C@@H]2CCCC[C@H]2O)CC1. The zero-order valence-electron chi connectivity index (χ0n) is 15.2. The Morgan fingerprint density at radius 2 is 1.89 bits per heavy atom. The lowest BCUT2D eigenvalue weighted by molar-refractivity contribution is -0.00175. The molecule has 1 amide bonds. The van der Waals surface area contributed by atoms with Crippen molar-refractivity contribution in [3.05, 3.63) is 46.0 Å². The molecule has 27 heavy (non-hydrogen) atoms. The standard InChI is InChI=1S/C20H24FN3O3/c21-13-5-6-16-14(11-13)19(26)15(12-22-16)20(27)24-9-7-23(8-10-24)17-3-1-2-4-18(17)25/h5-6,11-12,17-18,25H,1-4,7-10H2,(H,22,26)/t17-,18-/m1/s1. The van der Waals surface area contributed by atoms with Crippen molar-refractivity contribution in [1.29, 1.82) is 0 Å². The summed E-state index contributed by atoms with van der Waals surface area (Å²) in [5.41, 5.74) is 0.103. The third kappa shape index (κ3) is 3.49. The van der Waals surface area contributed by atoms with Gasteiger partial charge in [-0.25, -0.2) is 4.39 Å². The highest BCUT2D eigenvalue weighted by Crippen LogP contribution is 2.24. The molecule has 0 spiro atoms. The van der Waals surface area contributed by atoms with Crippen LogP contribution in [0.3, 0.4) is 0 Å². The van der Waals surface area contributed by atoms with Crippen LogP contribution in [-0.2, 0) is 0 Å². The Balaban J connectivity index is 1.49. The molecule has 2 N–H and O–H groups in total. The highest BCUT2D eigenvalue weighted by atomic mass is 19.1. The van der Waals surface area contributed by atoms with Crippen LogP contribution in [0.5, 0.6) is 0 Å². The quantitative estimate of drug-likeness (QED) is 0.841. The Labute approximate surface area is 156 Å². The van der Waals surface area contributed by atoms with Crippen LogP contribution in [0.4, 0.5) is 4.39 Å². The molecular formula is C20H24FN3O3. The third-order valence-electron chi connectivity index (χ3n) is 5.84. The number of halogens is 1. The van der Waals surface area contributed by atoms with Gasteiger partial charge in [-0.2, -0.15) is 0 Å². The van der Waals surface area contributed by atoms with Crippen molar-refractivity contribution in [2.45, 2.75) is 37.8 Å². The first-order valence-corrected chi connectivity index (χ1v) is 9.57. The summed E-state index contributed by atoms with van der Waals surface area (Å²) in [5, 5.41) is 10.4. The van der Waals surface area contributed by atoms with Crippen molar-refractivity contribution in [1.82, 2.24) is 14.8 Å². The van der Waals surface area contributed by atoms with Crippen LogP contribution in [0.25, 0.3) is 10.9 Å². The average molecular weight is 373 g/mol. The summed E-state index contributed by atoms with van der Waals surface area (Å²) in [5.74, 6) is -0.830. The Bertz CT molecular complexity index is 905. The molecule has 1 aromatic heterocycles. The van der Waals surface area contributed by atoms with Crippen LogP contribution in [0, 0.1) is 5.82 Å². The lowest BCUT2D eigenvalue weighted by atomic mass is 9.91. The zero-order chi connectivity index (χ0) is 19.0. The number of aromatic nitrogens is 1. The van der Waals surface area contributed by atoms with E-state index in [0.717, 1.165) is 31.7 Å². The maximum absolute atomic E-state index is 13.5. The monoisotopic (exact) mass is 373 g/mol. The van der Waals surface area contributed by atoms with E-state index in [1.807, 2.05) is 0 Å². The van der Waals surface area contributed by atoms with E-state index in [9.17, 15) is 19.1 Å². The van der Waals surface area contributed by atoms with E-state index in [0.29, 0.717) is 31.7 Å². The fraction of sp³-hybridized carbons (Fsp3) is 0.500. The zero-order valence-corrected chi connectivity index (χ0v) is 15.2. The number of piperazine rings is 1. The second-order valence-corrected chi connectivity index (χ2v) is 7.47. The van der Waals surface area contributed by atoms with Gasteiger partial charge < -0.3 is 15.0 Å². The number of rotatable bonds is 2. The molecule has 1 saturated heterocycles. The molecule has 2 heterocycles. The van der Waals surface area contributed by atoms with E-state index in [-0.39, 0.29) is 29.0 Å². The predicted molar refractivity (Wildman–Crippen MR) is 100 cm³/mol. The molecule has 1 aromatic carbocycles. The third-order valence-corrected chi connectivity index (χ3v) is 5.84. The number of hydrogen-bond donors (Lipinski definition) is 2. The van der Waals surface area contributed by atoms with Crippen molar-refractivity contribution < 1.29 is 14.3 Å². The van der Waals surface area contributed by atoms with Crippen LogP contribution in [-0.4, -0.2) is 64.1 Å². The topological polar surface area (TPSA) is 76.6 Å². The van der Waals surface area contributed by atoms with Crippen LogP contribution < -0.4 is 5.43 Å². The number of aliphatic hydroxyl groups is 1. The Morgan fingerprint density at radius 3 is 2.63 bits per heavy atom. The van der Waals surface area contributed by atoms with E-state index in [1.165, 1.54) is 18.3 Å². The second kappa shape index (κ2) is 7.40. The minimum atomic E-state index is -0.503. The van der Waals surface area contributed by atoms with Crippen molar-refractivity contribution in [3.63, 3.8) is 0 Å². The van der Waals surface area contributed by atoms with Crippen LogP contribution in [0.15, 0.2) is 29.2 Å². The number of H-pyrrole nitrogens is 1. The molecule has 0 bridgehead atoms. The van der Waals surface area contributed by atoms with Gasteiger partial charge in [0.05, 0.1) is 6.10 Å². The van der Waals surface area contributed by atoms with E-state index >= 15 is 0 Å². The molecule has 1 aliphatic carbocycles. The number of nitrogens with one attached hydrogen (secondary N) is 1. The summed E-state index contributed by atoms with van der Waals surface area (Å²) >= 11 is 0. The van der Waals surface area contributed by atoms with E-state index in [4.69, 9.17) is 0 Å². The average Bonchev–Trinajstić information content (AvgIpc) is 2.69. The molecule has 2 fully saturated rings. The van der Waals surface area contributed by atoms with Gasteiger partial charge in [0.2, 0.25) is 5.43 Å². The van der Waals surface area contributed by atoms with Gasteiger partial charge in [0.1, 0.15) is 11.4 Å². The summed E-state index contributed by atoms with van der Waals surface area (Å²) in [6, 6.07) is 4.10. The number of aliphatic hydroxyl groups excluding tert-OH is 1. The van der Waals surface area contributed by atoms with Gasteiger partial charge in [-0.3, -0.25) is 14.5 Å². The molecule has 1 aliphatic heterocycles. The number of aromatic amines is 1. The number of hydrogen-bond acceptors (Lipinski definition) is 4. The van der Waals surface area contributed by atoms with Gasteiger partial charge >= 0.3 is 0 Å². The number of carbonyl (C=O) groups excluding carboxylic acids is 1. The molecule has 0 unspecified atom stereocenters.